The van der Waals surface area contributed by atoms with Crippen LogP contribution in [0.4, 0.5) is 0 Å². The molecule has 1 aromatic carbocycles. The van der Waals surface area contributed by atoms with Gasteiger partial charge in [0.05, 0.1) is 25.2 Å². The Morgan fingerprint density at radius 2 is 1.54 bits per heavy atom. The molecule has 6 aliphatic rings. The first-order valence-electron chi connectivity index (χ1n) is 17.4. The number of carbonyl (C=O) groups is 3. The quantitative estimate of drug-likeness (QED) is 0.188. The second-order valence-electron chi connectivity index (χ2n) is 17.1. The highest BCUT2D eigenvalue weighted by Crippen LogP contribution is 2.81. The number of rotatable bonds is 5. The van der Waals surface area contributed by atoms with Crippen molar-refractivity contribution in [1.29, 1.82) is 0 Å². The van der Waals surface area contributed by atoms with Crippen LogP contribution in [0.2, 0.25) is 0 Å². The van der Waals surface area contributed by atoms with Gasteiger partial charge >= 0.3 is 17.9 Å². The molecule has 0 amide bonds. The van der Waals surface area contributed by atoms with Gasteiger partial charge in [0.2, 0.25) is 0 Å². The van der Waals surface area contributed by atoms with Gasteiger partial charge in [-0.1, -0.05) is 41.2 Å². The molecule has 6 fully saturated rings. The van der Waals surface area contributed by atoms with E-state index in [-0.39, 0.29) is 40.5 Å². The van der Waals surface area contributed by atoms with Crippen LogP contribution in [-0.2, 0) is 23.8 Å². The molecule has 2 bridgehead atoms. The Kier molecular flexibility index (Phi) is 6.80. The van der Waals surface area contributed by atoms with E-state index in [4.69, 9.17) is 18.9 Å². The number of methoxy groups -OCH3 is 2. The summed E-state index contributed by atoms with van der Waals surface area (Å²) in [6.07, 6.45) is 6.91. The van der Waals surface area contributed by atoms with Gasteiger partial charge in [0, 0.05) is 11.3 Å². The van der Waals surface area contributed by atoms with Crippen LogP contribution < -0.4 is 4.74 Å². The summed E-state index contributed by atoms with van der Waals surface area (Å²) in [7, 11) is 3.05. The maximum Gasteiger partial charge on any atom is 0.338 e. The number of benzene rings is 1. The largest absolute Gasteiger partial charge is 0.497 e. The minimum atomic E-state index is -0.629. The van der Waals surface area contributed by atoms with Crippen molar-refractivity contribution < 1.29 is 33.3 Å². The van der Waals surface area contributed by atoms with E-state index in [1.54, 1.807) is 31.4 Å². The minimum Gasteiger partial charge on any atom is -0.497 e. The topological polar surface area (TPSA) is 88.1 Å². The van der Waals surface area contributed by atoms with E-state index in [2.05, 4.69) is 48.1 Å². The smallest absolute Gasteiger partial charge is 0.338 e. The molecule has 46 heavy (non-hydrogen) atoms. The van der Waals surface area contributed by atoms with E-state index in [0.29, 0.717) is 17.2 Å². The highest BCUT2D eigenvalue weighted by molar-refractivity contribution is 5.90. The summed E-state index contributed by atoms with van der Waals surface area (Å²) >= 11 is 0. The van der Waals surface area contributed by atoms with Crippen molar-refractivity contribution in [1.82, 2.24) is 0 Å². The number of ether oxygens (including phenoxy) is 4. The van der Waals surface area contributed by atoms with Gasteiger partial charge in [-0.15, -0.1) is 0 Å². The van der Waals surface area contributed by atoms with Gasteiger partial charge in [0.25, 0.3) is 0 Å². The fourth-order valence-electron chi connectivity index (χ4n) is 13.4. The van der Waals surface area contributed by atoms with E-state index in [1.165, 1.54) is 7.11 Å². The first kappa shape index (κ1) is 31.8. The van der Waals surface area contributed by atoms with Crippen molar-refractivity contribution in [3.05, 3.63) is 42.0 Å². The summed E-state index contributed by atoms with van der Waals surface area (Å²) in [5, 5.41) is 0. The zero-order chi connectivity index (χ0) is 33.2. The van der Waals surface area contributed by atoms with Crippen molar-refractivity contribution in [2.75, 3.05) is 14.2 Å². The standard InChI is InChI=1S/C39H52O7/c1-22(2)39-21-20-38(33(42)46-39)19-18-35(5)25(29(38)39)14-15-27-36(35,6)17-16-26-34(3,4)30(28(32(41)44-9)37(26,27)7)45-31(40)23-10-12-24(43-8)13-11-23/h10-13,25-30H,1,14-21H2,2-9H3/t25-,26-,27+,28+,29-,30+,35-,36-,37+,38-,39-/m1/s1. The molecule has 250 valence electrons. The molecular formula is C39H52O7. The maximum atomic E-state index is 14.0. The Labute approximate surface area is 274 Å². The molecule has 0 spiro atoms. The van der Waals surface area contributed by atoms with Gasteiger partial charge in [-0.25, -0.2) is 4.79 Å². The molecule has 7 rings (SSSR count). The van der Waals surface area contributed by atoms with Crippen molar-refractivity contribution in [2.45, 2.75) is 105 Å². The molecule has 0 unspecified atom stereocenters. The van der Waals surface area contributed by atoms with Crippen molar-refractivity contribution in [2.24, 2.45) is 56.7 Å². The normalized spacial score (nSPS) is 46.2. The monoisotopic (exact) mass is 632 g/mol. The van der Waals surface area contributed by atoms with E-state index >= 15 is 0 Å². The van der Waals surface area contributed by atoms with Gasteiger partial charge in [-0.3, -0.25) is 9.59 Å². The van der Waals surface area contributed by atoms with Gasteiger partial charge in [-0.2, -0.15) is 0 Å². The van der Waals surface area contributed by atoms with Crippen LogP contribution in [-0.4, -0.2) is 43.8 Å². The molecule has 0 N–H and O–H groups in total. The van der Waals surface area contributed by atoms with E-state index in [1.807, 2.05) is 0 Å². The summed E-state index contributed by atoms with van der Waals surface area (Å²) in [4.78, 5) is 41.2. The van der Waals surface area contributed by atoms with Crippen LogP contribution in [0, 0.1) is 56.7 Å². The van der Waals surface area contributed by atoms with Crippen LogP contribution in [0.3, 0.4) is 0 Å². The number of esters is 3. The third-order valence-corrected chi connectivity index (χ3v) is 15.7. The third kappa shape index (κ3) is 3.58. The Morgan fingerprint density at radius 3 is 2.15 bits per heavy atom. The van der Waals surface area contributed by atoms with Crippen molar-refractivity contribution in [3.8, 4) is 5.75 Å². The van der Waals surface area contributed by atoms with Gasteiger partial charge in [0.1, 0.15) is 23.4 Å². The fraction of sp³-hybridized carbons (Fsp3) is 0.718. The Bertz CT molecular complexity index is 1500. The number of hydrogen-bond acceptors (Lipinski definition) is 7. The molecule has 7 nitrogen and oxygen atoms in total. The zero-order valence-corrected chi connectivity index (χ0v) is 29.0. The van der Waals surface area contributed by atoms with Gasteiger partial charge in [0.15, 0.2) is 0 Å². The van der Waals surface area contributed by atoms with Crippen LogP contribution in [0.25, 0.3) is 0 Å². The summed E-state index contributed by atoms with van der Waals surface area (Å²) in [5.74, 6) is 0.230. The Morgan fingerprint density at radius 1 is 0.870 bits per heavy atom. The lowest BCUT2D eigenvalue weighted by molar-refractivity contribution is -0.223. The van der Waals surface area contributed by atoms with E-state index in [9.17, 15) is 14.4 Å². The summed E-state index contributed by atoms with van der Waals surface area (Å²) in [5.41, 5.74) is -0.534. The first-order chi connectivity index (χ1) is 21.6. The average molecular weight is 633 g/mol. The summed E-state index contributed by atoms with van der Waals surface area (Å²) < 4.78 is 23.6. The SMILES string of the molecule is C=C(C)[C@]12CC[C@@]3(CC[C@]4(C)[C@H](CC[C@@H]5[C@@]6(C)[C@H](C(=O)OC)[C@H](OC(=O)c7ccc(OC)cc7)C(C)(C)[C@H]6CC[C@]54C)[C@H]31)C(=O)O2. The zero-order valence-electron chi connectivity index (χ0n) is 29.0. The van der Waals surface area contributed by atoms with Crippen LogP contribution in [0.15, 0.2) is 36.4 Å². The molecule has 1 saturated heterocycles. The summed E-state index contributed by atoms with van der Waals surface area (Å²) in [6, 6.07) is 6.92. The lowest BCUT2D eigenvalue weighted by atomic mass is 9.34. The average Bonchev–Trinajstić information content (AvgIpc) is 3.55. The van der Waals surface area contributed by atoms with E-state index < -0.39 is 39.8 Å². The molecule has 0 radical (unpaired) electrons. The molecule has 5 saturated carbocycles. The Hall–Kier alpha value is -2.83. The lowest BCUT2D eigenvalue weighted by Gasteiger charge is -2.70. The predicted molar refractivity (Wildman–Crippen MR) is 173 cm³/mol. The summed E-state index contributed by atoms with van der Waals surface area (Å²) in [6.45, 7) is 18.1. The third-order valence-electron chi connectivity index (χ3n) is 15.7. The molecule has 1 aromatic rings. The van der Waals surface area contributed by atoms with Gasteiger partial charge in [-0.05, 0) is 122 Å². The first-order valence-corrected chi connectivity index (χ1v) is 17.4. The van der Waals surface area contributed by atoms with Crippen molar-refractivity contribution >= 4 is 17.9 Å². The van der Waals surface area contributed by atoms with Gasteiger partial charge < -0.3 is 18.9 Å². The number of hydrogen-bond donors (Lipinski definition) is 0. The maximum absolute atomic E-state index is 14.0. The predicted octanol–water partition coefficient (Wildman–Crippen LogP) is 7.57. The molecule has 0 aromatic heterocycles. The fourth-order valence-corrected chi connectivity index (χ4v) is 13.4. The molecule has 1 aliphatic heterocycles. The molecule has 7 heteroatoms. The van der Waals surface area contributed by atoms with Crippen molar-refractivity contribution in [3.63, 3.8) is 0 Å². The number of fused-ring (bicyclic) bond motifs is 5. The van der Waals surface area contributed by atoms with Crippen LogP contribution >= 0.6 is 0 Å². The highest BCUT2D eigenvalue weighted by atomic mass is 16.6. The molecule has 5 aliphatic carbocycles. The van der Waals surface area contributed by atoms with E-state index in [0.717, 1.165) is 56.9 Å². The van der Waals surface area contributed by atoms with Crippen LogP contribution in [0.1, 0.15) is 103 Å². The second kappa shape index (κ2) is 9.85. The number of carbonyl (C=O) groups excluding carboxylic acids is 3. The molecular weight excluding hydrogens is 580 g/mol. The molecule has 1 heterocycles. The molecule has 11 atom stereocenters. The van der Waals surface area contributed by atoms with Crippen LogP contribution in [0.5, 0.6) is 5.75 Å². The highest BCUT2D eigenvalue weighted by Gasteiger charge is 2.80. The minimum absolute atomic E-state index is 0.00145. The second-order valence-corrected chi connectivity index (χ2v) is 17.1. The lowest BCUT2D eigenvalue weighted by Crippen LogP contribution is -2.65. The Balaban J connectivity index is 1.28.